The van der Waals surface area contributed by atoms with E-state index in [4.69, 9.17) is 9.26 Å². The quantitative estimate of drug-likeness (QED) is 0.595. The summed E-state index contributed by atoms with van der Waals surface area (Å²) in [5.74, 6) is 1.67. The van der Waals surface area contributed by atoms with E-state index >= 15 is 0 Å². The molecule has 0 unspecified atom stereocenters. The highest BCUT2D eigenvalue weighted by Gasteiger charge is 2.35. The van der Waals surface area contributed by atoms with Crippen molar-refractivity contribution in [3.8, 4) is 17.1 Å². The molecule has 0 spiro atoms. The first kappa shape index (κ1) is 21.2. The second-order valence-electron chi connectivity index (χ2n) is 8.57. The molecule has 8 nitrogen and oxygen atoms in total. The minimum Gasteiger partial charge on any atom is -0.496 e. The molecule has 2 heterocycles. The topological polar surface area (TPSA) is 97.6 Å². The van der Waals surface area contributed by atoms with E-state index in [1.165, 1.54) is 6.42 Å². The van der Waals surface area contributed by atoms with Gasteiger partial charge < -0.3 is 19.5 Å². The molecule has 1 atom stereocenters. The summed E-state index contributed by atoms with van der Waals surface area (Å²) in [4.78, 5) is 31.7. The van der Waals surface area contributed by atoms with E-state index in [1.807, 2.05) is 48.5 Å². The Balaban J connectivity index is 1.25. The summed E-state index contributed by atoms with van der Waals surface area (Å²) in [5, 5.41) is 7.06. The summed E-state index contributed by atoms with van der Waals surface area (Å²) >= 11 is 0. The zero-order valence-corrected chi connectivity index (χ0v) is 18.5. The highest BCUT2D eigenvalue weighted by Crippen LogP contribution is 2.36. The van der Waals surface area contributed by atoms with Crippen molar-refractivity contribution in [2.45, 2.75) is 38.1 Å². The van der Waals surface area contributed by atoms with Gasteiger partial charge in [0, 0.05) is 42.2 Å². The molecule has 2 fully saturated rings. The molecule has 5 rings (SSSR count). The summed E-state index contributed by atoms with van der Waals surface area (Å²) in [6.07, 6.45) is 3.55. The van der Waals surface area contributed by atoms with Gasteiger partial charge in [0.25, 0.3) is 0 Å². The molecule has 1 aliphatic carbocycles. The number of benzene rings is 2. The van der Waals surface area contributed by atoms with Crippen LogP contribution in [0.25, 0.3) is 11.4 Å². The van der Waals surface area contributed by atoms with Crippen LogP contribution in [-0.4, -0.2) is 35.6 Å². The van der Waals surface area contributed by atoms with Gasteiger partial charge in [-0.05, 0) is 31.0 Å². The predicted octanol–water partition coefficient (Wildman–Crippen LogP) is 3.68. The smallest absolute Gasteiger partial charge is 0.230 e. The fourth-order valence-corrected chi connectivity index (χ4v) is 4.29. The zero-order valence-electron chi connectivity index (χ0n) is 18.5. The standard InChI is InChI=1S/C25H26N4O4/c1-32-21-11-3-2-6-18(21)14-26-24(31)19-13-22(30)29(15-19)20-10-5-9-17(12-20)23-27-25(33-28-23)16-7-4-8-16/h2-3,5-6,9-12,16,19H,4,7-8,13-15H2,1H3,(H,26,31)/t19-/m1/s1. The number of carbonyl (C=O) groups excluding carboxylic acids is 2. The first-order valence-corrected chi connectivity index (χ1v) is 11.3. The molecule has 2 aromatic carbocycles. The Morgan fingerprint density at radius 2 is 2.06 bits per heavy atom. The van der Waals surface area contributed by atoms with Crippen molar-refractivity contribution in [2.75, 3.05) is 18.6 Å². The van der Waals surface area contributed by atoms with E-state index in [1.54, 1.807) is 12.0 Å². The lowest BCUT2D eigenvalue weighted by molar-refractivity contribution is -0.126. The van der Waals surface area contributed by atoms with Gasteiger partial charge in [-0.1, -0.05) is 41.9 Å². The number of nitrogens with zero attached hydrogens (tertiary/aromatic N) is 3. The third kappa shape index (κ3) is 4.33. The number of methoxy groups -OCH3 is 1. The van der Waals surface area contributed by atoms with E-state index in [-0.39, 0.29) is 18.2 Å². The van der Waals surface area contributed by atoms with E-state index < -0.39 is 5.92 Å². The number of anilines is 1. The van der Waals surface area contributed by atoms with Crippen LogP contribution in [-0.2, 0) is 16.1 Å². The Morgan fingerprint density at radius 3 is 2.85 bits per heavy atom. The van der Waals surface area contributed by atoms with Crippen molar-refractivity contribution < 1.29 is 18.8 Å². The molecule has 1 saturated heterocycles. The molecule has 0 radical (unpaired) electrons. The summed E-state index contributed by atoms with van der Waals surface area (Å²) < 4.78 is 10.8. The van der Waals surface area contributed by atoms with Gasteiger partial charge in [0.15, 0.2) is 0 Å². The van der Waals surface area contributed by atoms with Crippen LogP contribution >= 0.6 is 0 Å². The van der Waals surface area contributed by atoms with Gasteiger partial charge in [0.2, 0.25) is 23.5 Å². The fourth-order valence-electron chi connectivity index (χ4n) is 4.29. The number of ether oxygens (including phenoxy) is 1. The monoisotopic (exact) mass is 446 g/mol. The van der Waals surface area contributed by atoms with Crippen molar-refractivity contribution in [3.63, 3.8) is 0 Å². The van der Waals surface area contributed by atoms with E-state index in [2.05, 4.69) is 15.5 Å². The van der Waals surface area contributed by atoms with Crippen LogP contribution in [0, 0.1) is 5.92 Å². The normalized spacial score (nSPS) is 18.3. The van der Waals surface area contributed by atoms with Crippen LogP contribution in [0.5, 0.6) is 5.75 Å². The van der Waals surface area contributed by atoms with Gasteiger partial charge >= 0.3 is 0 Å². The molecule has 33 heavy (non-hydrogen) atoms. The average Bonchev–Trinajstić information content (AvgIpc) is 3.44. The fraction of sp³-hybridized carbons (Fsp3) is 0.360. The van der Waals surface area contributed by atoms with Crippen molar-refractivity contribution in [1.29, 1.82) is 0 Å². The molecular weight excluding hydrogens is 420 g/mol. The van der Waals surface area contributed by atoms with Gasteiger partial charge in [0.05, 0.1) is 13.0 Å². The third-order valence-electron chi connectivity index (χ3n) is 6.45. The highest BCUT2D eigenvalue weighted by molar-refractivity contribution is 6.00. The minimum absolute atomic E-state index is 0.0761. The van der Waals surface area contributed by atoms with Gasteiger partial charge in [0.1, 0.15) is 5.75 Å². The highest BCUT2D eigenvalue weighted by atomic mass is 16.5. The van der Waals surface area contributed by atoms with Gasteiger partial charge in [-0.2, -0.15) is 4.98 Å². The molecule has 8 heteroatoms. The molecule has 3 aromatic rings. The molecule has 0 bridgehead atoms. The molecule has 2 amide bonds. The summed E-state index contributed by atoms with van der Waals surface area (Å²) in [6.45, 7) is 0.684. The maximum atomic E-state index is 12.8. The number of aromatic nitrogens is 2. The van der Waals surface area contributed by atoms with E-state index in [0.29, 0.717) is 30.7 Å². The maximum Gasteiger partial charge on any atom is 0.230 e. The maximum absolute atomic E-state index is 12.8. The Bertz CT molecular complexity index is 1170. The lowest BCUT2D eigenvalue weighted by atomic mass is 9.85. The van der Waals surface area contributed by atoms with Crippen molar-refractivity contribution in [3.05, 3.63) is 60.0 Å². The van der Waals surface area contributed by atoms with Crippen LogP contribution in [0.1, 0.15) is 43.1 Å². The molecule has 170 valence electrons. The summed E-state index contributed by atoms with van der Waals surface area (Å²) in [6, 6.07) is 15.1. The number of hydrogen-bond donors (Lipinski definition) is 1. The second kappa shape index (κ2) is 9.05. The molecule has 1 N–H and O–H groups in total. The van der Waals surface area contributed by atoms with E-state index in [0.717, 1.165) is 35.4 Å². The number of nitrogens with one attached hydrogen (secondary N) is 1. The predicted molar refractivity (Wildman–Crippen MR) is 122 cm³/mol. The number of carbonyl (C=O) groups is 2. The third-order valence-corrected chi connectivity index (χ3v) is 6.45. The first-order valence-electron chi connectivity index (χ1n) is 11.3. The SMILES string of the molecule is COc1ccccc1CNC(=O)[C@@H]1CC(=O)N(c2cccc(-c3noc(C4CCC4)n3)c2)C1. The lowest BCUT2D eigenvalue weighted by Gasteiger charge is -2.20. The lowest BCUT2D eigenvalue weighted by Crippen LogP contribution is -2.32. The first-order chi connectivity index (χ1) is 16.1. The molecule has 1 aliphatic heterocycles. The summed E-state index contributed by atoms with van der Waals surface area (Å²) in [7, 11) is 1.60. The van der Waals surface area contributed by atoms with Crippen molar-refractivity contribution >= 4 is 17.5 Å². The number of amides is 2. The molecular formula is C25H26N4O4. The minimum atomic E-state index is -0.411. The second-order valence-corrected chi connectivity index (χ2v) is 8.57. The largest absolute Gasteiger partial charge is 0.496 e. The number of rotatable bonds is 7. The zero-order chi connectivity index (χ0) is 22.8. The Kier molecular flexibility index (Phi) is 5.81. The van der Waals surface area contributed by atoms with Crippen molar-refractivity contribution in [1.82, 2.24) is 15.5 Å². The molecule has 1 aromatic heterocycles. The summed E-state index contributed by atoms with van der Waals surface area (Å²) in [5.41, 5.74) is 2.41. The Labute approximate surface area is 191 Å². The average molecular weight is 447 g/mol. The molecule has 2 aliphatic rings. The van der Waals surface area contributed by atoms with Crippen molar-refractivity contribution in [2.24, 2.45) is 5.92 Å². The van der Waals surface area contributed by atoms with Crippen LogP contribution in [0.2, 0.25) is 0 Å². The molecule has 1 saturated carbocycles. The van der Waals surface area contributed by atoms with Crippen LogP contribution in [0.3, 0.4) is 0 Å². The van der Waals surface area contributed by atoms with Gasteiger partial charge in [-0.25, -0.2) is 0 Å². The number of para-hydroxylation sites is 1. The Hall–Kier alpha value is -3.68. The van der Waals surface area contributed by atoms with Crippen LogP contribution in [0.4, 0.5) is 5.69 Å². The van der Waals surface area contributed by atoms with Crippen LogP contribution < -0.4 is 15.0 Å². The van der Waals surface area contributed by atoms with E-state index in [9.17, 15) is 9.59 Å². The Morgan fingerprint density at radius 1 is 1.21 bits per heavy atom. The van der Waals surface area contributed by atoms with Gasteiger partial charge in [-0.3, -0.25) is 9.59 Å². The van der Waals surface area contributed by atoms with Gasteiger partial charge in [-0.15, -0.1) is 0 Å². The van der Waals surface area contributed by atoms with Crippen LogP contribution in [0.15, 0.2) is 53.1 Å². The number of hydrogen-bond acceptors (Lipinski definition) is 6.